The fourth-order valence-electron chi connectivity index (χ4n) is 1.39. The molecule has 0 atom stereocenters. The predicted octanol–water partition coefficient (Wildman–Crippen LogP) is 2.79. The Hall–Kier alpha value is -0.750. The highest BCUT2D eigenvalue weighted by molar-refractivity contribution is 9.08. The molecular weight excluding hydrogens is 332 g/mol. The Kier molecular flexibility index (Phi) is 6.65. The van der Waals surface area contributed by atoms with Crippen LogP contribution in [0.1, 0.15) is 18.9 Å². The minimum absolute atomic E-state index is 0.00870. The molecule has 0 aliphatic heterocycles. The Balaban J connectivity index is 2.72. The van der Waals surface area contributed by atoms with Crippen molar-refractivity contribution in [1.29, 1.82) is 0 Å². The lowest BCUT2D eigenvalue weighted by Crippen LogP contribution is -2.12. The summed E-state index contributed by atoms with van der Waals surface area (Å²) in [5.41, 5.74) is 0.970. The number of alkyl halides is 1. The molecule has 0 saturated heterocycles. The maximum absolute atomic E-state index is 11.1. The van der Waals surface area contributed by atoms with E-state index in [2.05, 4.69) is 15.9 Å². The van der Waals surface area contributed by atoms with E-state index in [9.17, 15) is 8.42 Å². The Bertz CT molecular complexity index is 499. The topological polar surface area (TPSA) is 52.6 Å². The van der Waals surface area contributed by atoms with E-state index in [1.54, 1.807) is 6.07 Å². The van der Waals surface area contributed by atoms with Gasteiger partial charge >= 0.3 is 0 Å². The highest BCUT2D eigenvalue weighted by Gasteiger charge is 2.07. The molecule has 0 aromatic heterocycles. The van der Waals surface area contributed by atoms with Gasteiger partial charge in [-0.2, -0.15) is 0 Å². The molecule has 6 heteroatoms. The van der Waals surface area contributed by atoms with Gasteiger partial charge in [0.05, 0.1) is 12.4 Å². The Morgan fingerprint density at radius 2 is 1.95 bits per heavy atom. The summed E-state index contributed by atoms with van der Waals surface area (Å²) in [7, 11) is -3.01. The van der Waals surface area contributed by atoms with Crippen LogP contribution in [-0.4, -0.2) is 33.6 Å². The maximum Gasteiger partial charge on any atom is 0.150 e. The first-order chi connectivity index (χ1) is 8.96. The van der Waals surface area contributed by atoms with Crippen LogP contribution in [-0.2, 0) is 15.2 Å². The number of hydrogen-bond donors (Lipinski definition) is 0. The second-order valence-corrected chi connectivity index (χ2v) is 7.05. The lowest BCUT2D eigenvalue weighted by Gasteiger charge is -2.12. The Labute approximate surface area is 123 Å². The standard InChI is InChI=1S/C13H19BrO4S/c1-3-6-17-12-5-4-11(10-14)13(9-12)18-7-8-19(2,15)16/h4-5,9H,3,6-8,10H2,1-2H3. The molecule has 4 nitrogen and oxygen atoms in total. The molecule has 0 unspecified atom stereocenters. The molecular formula is C13H19BrO4S. The monoisotopic (exact) mass is 350 g/mol. The van der Waals surface area contributed by atoms with Crippen LogP contribution in [0.2, 0.25) is 0 Å². The van der Waals surface area contributed by atoms with E-state index in [-0.39, 0.29) is 12.4 Å². The molecule has 0 fully saturated rings. The van der Waals surface area contributed by atoms with Gasteiger partial charge in [0.2, 0.25) is 0 Å². The zero-order valence-corrected chi connectivity index (χ0v) is 13.6. The first-order valence-electron chi connectivity index (χ1n) is 6.08. The quantitative estimate of drug-likeness (QED) is 0.676. The SMILES string of the molecule is CCCOc1ccc(CBr)c(OCCS(C)(=O)=O)c1. The average Bonchev–Trinajstić information content (AvgIpc) is 2.35. The van der Waals surface area contributed by atoms with E-state index >= 15 is 0 Å². The molecule has 1 rings (SSSR count). The number of sulfone groups is 1. The van der Waals surface area contributed by atoms with E-state index < -0.39 is 9.84 Å². The zero-order chi connectivity index (χ0) is 14.3. The minimum Gasteiger partial charge on any atom is -0.493 e. The van der Waals surface area contributed by atoms with Crippen molar-refractivity contribution in [3.05, 3.63) is 23.8 Å². The number of halogens is 1. The Morgan fingerprint density at radius 1 is 1.21 bits per heavy atom. The van der Waals surface area contributed by atoms with Crippen LogP contribution in [0.15, 0.2) is 18.2 Å². The van der Waals surface area contributed by atoms with Gasteiger partial charge in [-0.25, -0.2) is 8.42 Å². The van der Waals surface area contributed by atoms with Crippen molar-refractivity contribution in [3.8, 4) is 11.5 Å². The number of rotatable bonds is 8. The molecule has 0 aliphatic carbocycles. The van der Waals surface area contributed by atoms with E-state index in [1.165, 1.54) is 6.26 Å². The summed E-state index contributed by atoms with van der Waals surface area (Å²) >= 11 is 3.38. The molecule has 0 heterocycles. The number of ether oxygens (including phenoxy) is 2. The van der Waals surface area contributed by atoms with Crippen LogP contribution in [0, 0.1) is 0 Å². The van der Waals surface area contributed by atoms with Crippen molar-refractivity contribution in [2.75, 3.05) is 25.2 Å². The van der Waals surface area contributed by atoms with Crippen LogP contribution >= 0.6 is 15.9 Å². The van der Waals surface area contributed by atoms with Crippen molar-refractivity contribution < 1.29 is 17.9 Å². The molecule has 108 valence electrons. The third kappa shape index (κ3) is 6.29. The predicted molar refractivity (Wildman–Crippen MR) is 80.1 cm³/mol. The summed E-state index contributed by atoms with van der Waals surface area (Å²) in [6.45, 7) is 2.84. The Morgan fingerprint density at radius 3 is 2.53 bits per heavy atom. The molecule has 0 saturated carbocycles. The summed E-state index contributed by atoms with van der Waals surface area (Å²) in [6.07, 6.45) is 2.13. The van der Waals surface area contributed by atoms with Crippen LogP contribution in [0.25, 0.3) is 0 Å². The van der Waals surface area contributed by atoms with Crippen LogP contribution in [0.3, 0.4) is 0 Å². The van der Waals surface area contributed by atoms with Crippen LogP contribution < -0.4 is 9.47 Å². The third-order valence-corrected chi connectivity index (χ3v) is 3.88. The molecule has 19 heavy (non-hydrogen) atoms. The van der Waals surface area contributed by atoms with E-state index in [0.717, 1.165) is 17.7 Å². The van der Waals surface area contributed by atoms with E-state index in [4.69, 9.17) is 9.47 Å². The van der Waals surface area contributed by atoms with Gasteiger partial charge in [0.15, 0.2) is 9.84 Å². The molecule has 0 N–H and O–H groups in total. The molecule has 0 aliphatic rings. The molecule has 0 spiro atoms. The molecule has 1 aromatic carbocycles. The summed E-state index contributed by atoms with van der Waals surface area (Å²) in [5.74, 6) is 1.41. The third-order valence-electron chi connectivity index (χ3n) is 2.37. The second kappa shape index (κ2) is 7.75. The lowest BCUT2D eigenvalue weighted by atomic mass is 10.2. The number of benzene rings is 1. The van der Waals surface area contributed by atoms with Crippen LogP contribution in [0.5, 0.6) is 11.5 Å². The minimum atomic E-state index is -3.01. The smallest absolute Gasteiger partial charge is 0.150 e. The van der Waals surface area contributed by atoms with E-state index in [0.29, 0.717) is 17.7 Å². The summed E-state index contributed by atoms with van der Waals surface area (Å²) in [6, 6.07) is 5.60. The molecule has 0 amide bonds. The number of hydrogen-bond acceptors (Lipinski definition) is 4. The van der Waals surface area contributed by atoms with Gasteiger partial charge in [-0.1, -0.05) is 28.9 Å². The van der Waals surface area contributed by atoms with Crippen molar-refractivity contribution in [1.82, 2.24) is 0 Å². The summed E-state index contributed by atoms with van der Waals surface area (Å²) in [4.78, 5) is 0. The maximum atomic E-state index is 11.1. The van der Waals surface area contributed by atoms with Crippen molar-refractivity contribution in [3.63, 3.8) is 0 Å². The van der Waals surface area contributed by atoms with Crippen molar-refractivity contribution in [2.24, 2.45) is 0 Å². The normalized spacial score (nSPS) is 11.3. The molecule has 0 bridgehead atoms. The lowest BCUT2D eigenvalue weighted by molar-refractivity contribution is 0.308. The molecule has 1 aromatic rings. The molecule has 0 radical (unpaired) electrons. The summed E-state index contributed by atoms with van der Waals surface area (Å²) < 4.78 is 33.2. The average molecular weight is 351 g/mol. The zero-order valence-electron chi connectivity index (χ0n) is 11.2. The largest absolute Gasteiger partial charge is 0.493 e. The highest BCUT2D eigenvalue weighted by Crippen LogP contribution is 2.27. The van der Waals surface area contributed by atoms with Gasteiger partial charge in [-0.15, -0.1) is 0 Å². The van der Waals surface area contributed by atoms with Gasteiger partial charge in [-0.05, 0) is 12.5 Å². The van der Waals surface area contributed by atoms with E-state index in [1.807, 2.05) is 19.1 Å². The van der Waals surface area contributed by atoms with Crippen molar-refractivity contribution in [2.45, 2.75) is 18.7 Å². The first-order valence-corrected chi connectivity index (χ1v) is 9.26. The highest BCUT2D eigenvalue weighted by atomic mass is 79.9. The fraction of sp³-hybridized carbons (Fsp3) is 0.538. The summed E-state index contributed by atoms with van der Waals surface area (Å²) in [5, 5.41) is 0.648. The van der Waals surface area contributed by atoms with Gasteiger partial charge in [0, 0.05) is 23.2 Å². The van der Waals surface area contributed by atoms with Crippen molar-refractivity contribution >= 4 is 25.8 Å². The van der Waals surface area contributed by atoms with Gasteiger partial charge in [0.25, 0.3) is 0 Å². The van der Waals surface area contributed by atoms with Gasteiger partial charge < -0.3 is 9.47 Å². The van der Waals surface area contributed by atoms with Crippen LogP contribution in [0.4, 0.5) is 0 Å². The first kappa shape index (κ1) is 16.3. The van der Waals surface area contributed by atoms with Gasteiger partial charge in [0.1, 0.15) is 18.1 Å². The fourth-order valence-corrected chi connectivity index (χ4v) is 2.24. The second-order valence-electron chi connectivity index (χ2n) is 4.23. The van der Waals surface area contributed by atoms with Gasteiger partial charge in [-0.3, -0.25) is 0 Å².